The first-order valence-corrected chi connectivity index (χ1v) is 6.35. The molecule has 1 N–H and O–H groups in total. The van der Waals surface area contributed by atoms with Crippen molar-refractivity contribution < 1.29 is 9.90 Å². The quantitative estimate of drug-likeness (QED) is 0.860. The lowest BCUT2D eigenvalue weighted by Crippen LogP contribution is -2.34. The summed E-state index contributed by atoms with van der Waals surface area (Å²) >= 11 is 0. The number of aliphatic hydroxyl groups is 1. The molecule has 1 aromatic rings. The number of carbonyl (C=O) groups excluding carboxylic acids is 1. The summed E-state index contributed by atoms with van der Waals surface area (Å²) in [5.41, 5.74) is 1.94. The molecule has 18 heavy (non-hydrogen) atoms. The van der Waals surface area contributed by atoms with Crippen molar-refractivity contribution >= 4 is 11.6 Å². The molecule has 0 saturated carbocycles. The van der Waals surface area contributed by atoms with Gasteiger partial charge in [0.2, 0.25) is 5.91 Å². The molecule has 4 heteroatoms. The van der Waals surface area contributed by atoms with Crippen molar-refractivity contribution in [3.05, 3.63) is 29.8 Å². The largest absolute Gasteiger partial charge is 0.389 e. The van der Waals surface area contributed by atoms with Crippen LogP contribution in [0.2, 0.25) is 0 Å². The van der Waals surface area contributed by atoms with Gasteiger partial charge in [0.15, 0.2) is 0 Å². The van der Waals surface area contributed by atoms with Crippen LogP contribution < -0.4 is 4.90 Å². The van der Waals surface area contributed by atoms with Gasteiger partial charge in [-0.2, -0.15) is 0 Å². The van der Waals surface area contributed by atoms with E-state index in [1.54, 1.807) is 11.8 Å². The van der Waals surface area contributed by atoms with Crippen molar-refractivity contribution in [2.24, 2.45) is 0 Å². The van der Waals surface area contributed by atoms with Crippen molar-refractivity contribution in [3.8, 4) is 0 Å². The third kappa shape index (κ3) is 2.82. The Bertz CT molecular complexity index is 414. The molecule has 98 valence electrons. The predicted octanol–water partition coefficient (Wildman–Crippen LogP) is 1.41. The van der Waals surface area contributed by atoms with Crippen LogP contribution in [-0.4, -0.2) is 42.6 Å². The van der Waals surface area contributed by atoms with E-state index in [2.05, 4.69) is 4.90 Å². The fraction of sp³-hybridized carbons (Fsp3) is 0.500. The number of benzene rings is 1. The molecule has 0 bridgehead atoms. The number of hydrogen-bond acceptors (Lipinski definition) is 3. The molecule has 1 amide bonds. The highest BCUT2D eigenvalue weighted by molar-refractivity contribution is 5.81. The second-order valence-corrected chi connectivity index (χ2v) is 4.86. The minimum atomic E-state index is -0.448. The standard InChI is InChI=1S/C14H20N2O2/c1-11(17)12-4-6-13(7-5-12)16-9-3-8-15(2)14(18)10-16/h4-7,11,17H,3,8-10H2,1-2H3. The molecule has 1 atom stereocenters. The van der Waals surface area contributed by atoms with Crippen molar-refractivity contribution in [3.63, 3.8) is 0 Å². The zero-order chi connectivity index (χ0) is 13.1. The third-order valence-electron chi connectivity index (χ3n) is 3.41. The van der Waals surface area contributed by atoms with E-state index in [-0.39, 0.29) is 5.91 Å². The summed E-state index contributed by atoms with van der Waals surface area (Å²) in [4.78, 5) is 15.7. The summed E-state index contributed by atoms with van der Waals surface area (Å²) in [5, 5.41) is 9.47. The molecule has 1 aliphatic rings. The molecular formula is C14H20N2O2. The highest BCUT2D eigenvalue weighted by atomic mass is 16.3. The van der Waals surface area contributed by atoms with Gasteiger partial charge < -0.3 is 14.9 Å². The molecule has 1 saturated heterocycles. The topological polar surface area (TPSA) is 43.8 Å². The maximum absolute atomic E-state index is 11.8. The van der Waals surface area contributed by atoms with Gasteiger partial charge in [-0.15, -0.1) is 0 Å². The average Bonchev–Trinajstić information content (AvgIpc) is 2.52. The predicted molar refractivity (Wildman–Crippen MR) is 71.5 cm³/mol. The van der Waals surface area contributed by atoms with Crippen LogP contribution in [0.1, 0.15) is 25.0 Å². The highest BCUT2D eigenvalue weighted by Gasteiger charge is 2.19. The Morgan fingerprint density at radius 3 is 2.50 bits per heavy atom. The molecule has 1 unspecified atom stereocenters. The minimum absolute atomic E-state index is 0.159. The van der Waals surface area contributed by atoms with Crippen LogP contribution in [0.4, 0.5) is 5.69 Å². The number of anilines is 1. The number of likely N-dealkylation sites (N-methyl/N-ethyl adjacent to an activating group) is 1. The summed E-state index contributed by atoms with van der Waals surface area (Å²) in [7, 11) is 1.85. The molecule has 1 heterocycles. The van der Waals surface area contributed by atoms with Gasteiger partial charge in [0.25, 0.3) is 0 Å². The Labute approximate surface area is 108 Å². The number of carbonyl (C=O) groups is 1. The molecule has 4 nitrogen and oxygen atoms in total. The molecule has 1 aromatic carbocycles. The third-order valence-corrected chi connectivity index (χ3v) is 3.41. The van der Waals surface area contributed by atoms with Crippen LogP contribution in [0.3, 0.4) is 0 Å². The smallest absolute Gasteiger partial charge is 0.241 e. The molecule has 0 radical (unpaired) electrons. The first-order valence-electron chi connectivity index (χ1n) is 6.35. The maximum atomic E-state index is 11.8. The van der Waals surface area contributed by atoms with Crippen LogP contribution in [0.5, 0.6) is 0 Å². The average molecular weight is 248 g/mol. The molecule has 0 aliphatic carbocycles. The van der Waals surface area contributed by atoms with Gasteiger partial charge in [0.1, 0.15) is 0 Å². The van der Waals surface area contributed by atoms with Crippen molar-refractivity contribution in [1.82, 2.24) is 4.90 Å². The Kier molecular flexibility index (Phi) is 3.87. The summed E-state index contributed by atoms with van der Waals surface area (Å²) < 4.78 is 0. The van der Waals surface area contributed by atoms with Gasteiger partial charge >= 0.3 is 0 Å². The van der Waals surface area contributed by atoms with Gasteiger partial charge in [-0.05, 0) is 31.0 Å². The van der Waals surface area contributed by atoms with Crippen LogP contribution in [-0.2, 0) is 4.79 Å². The zero-order valence-electron chi connectivity index (χ0n) is 11.0. The number of hydrogen-bond donors (Lipinski definition) is 1. The molecule has 1 aliphatic heterocycles. The lowest BCUT2D eigenvalue weighted by Gasteiger charge is -2.22. The lowest BCUT2D eigenvalue weighted by atomic mass is 10.1. The molecule has 2 rings (SSSR count). The summed E-state index contributed by atoms with van der Waals surface area (Å²) in [6.07, 6.45) is 0.538. The van der Waals surface area contributed by atoms with E-state index in [4.69, 9.17) is 0 Å². The van der Waals surface area contributed by atoms with E-state index in [1.807, 2.05) is 31.3 Å². The Balaban J connectivity index is 2.13. The van der Waals surface area contributed by atoms with E-state index in [0.717, 1.165) is 30.8 Å². The van der Waals surface area contributed by atoms with E-state index in [0.29, 0.717) is 6.54 Å². The fourth-order valence-corrected chi connectivity index (χ4v) is 2.17. The van der Waals surface area contributed by atoms with Gasteiger partial charge in [-0.3, -0.25) is 4.79 Å². The number of nitrogens with zero attached hydrogens (tertiary/aromatic N) is 2. The summed E-state index contributed by atoms with van der Waals surface area (Å²) in [6, 6.07) is 7.78. The van der Waals surface area contributed by atoms with Gasteiger partial charge in [0, 0.05) is 25.8 Å². The SMILES string of the molecule is CC(O)c1ccc(N2CCCN(C)C(=O)C2)cc1. The second kappa shape index (κ2) is 5.40. The van der Waals surface area contributed by atoms with Crippen molar-refractivity contribution in [2.75, 3.05) is 31.6 Å². The van der Waals surface area contributed by atoms with Crippen molar-refractivity contribution in [2.45, 2.75) is 19.4 Å². The molecular weight excluding hydrogens is 228 g/mol. The second-order valence-electron chi connectivity index (χ2n) is 4.86. The van der Waals surface area contributed by atoms with Crippen LogP contribution in [0, 0.1) is 0 Å². The summed E-state index contributed by atoms with van der Waals surface area (Å²) in [6.45, 7) is 3.90. The van der Waals surface area contributed by atoms with Gasteiger partial charge in [-0.1, -0.05) is 12.1 Å². The van der Waals surface area contributed by atoms with E-state index in [1.165, 1.54) is 0 Å². The molecule has 0 spiro atoms. The normalized spacial score (nSPS) is 18.7. The Morgan fingerprint density at radius 1 is 1.22 bits per heavy atom. The van der Waals surface area contributed by atoms with Crippen molar-refractivity contribution in [1.29, 1.82) is 0 Å². The first-order chi connectivity index (χ1) is 8.58. The molecule has 1 fully saturated rings. The lowest BCUT2D eigenvalue weighted by molar-refractivity contribution is -0.127. The summed E-state index contributed by atoms with van der Waals surface area (Å²) in [5.74, 6) is 0.159. The number of amides is 1. The maximum Gasteiger partial charge on any atom is 0.241 e. The Hall–Kier alpha value is -1.55. The Morgan fingerprint density at radius 2 is 1.89 bits per heavy atom. The molecule has 0 aromatic heterocycles. The van der Waals surface area contributed by atoms with Crippen LogP contribution in [0.25, 0.3) is 0 Å². The zero-order valence-corrected chi connectivity index (χ0v) is 11.0. The number of rotatable bonds is 2. The highest BCUT2D eigenvalue weighted by Crippen LogP contribution is 2.20. The van der Waals surface area contributed by atoms with Gasteiger partial charge in [0.05, 0.1) is 12.6 Å². The van der Waals surface area contributed by atoms with E-state index < -0.39 is 6.10 Å². The van der Waals surface area contributed by atoms with Crippen LogP contribution in [0.15, 0.2) is 24.3 Å². The van der Waals surface area contributed by atoms with E-state index >= 15 is 0 Å². The number of aliphatic hydroxyl groups excluding tert-OH is 1. The fourth-order valence-electron chi connectivity index (χ4n) is 2.17. The minimum Gasteiger partial charge on any atom is -0.389 e. The first kappa shape index (κ1) is 12.9. The monoisotopic (exact) mass is 248 g/mol. The van der Waals surface area contributed by atoms with E-state index in [9.17, 15) is 9.90 Å². The van der Waals surface area contributed by atoms with Crippen LogP contribution >= 0.6 is 0 Å². The van der Waals surface area contributed by atoms with Gasteiger partial charge in [-0.25, -0.2) is 0 Å².